The van der Waals surface area contributed by atoms with Gasteiger partial charge in [0.15, 0.2) is 0 Å². The van der Waals surface area contributed by atoms with Crippen molar-refractivity contribution in [3.05, 3.63) is 0 Å². The zero-order valence-electron chi connectivity index (χ0n) is 11.2. The molecular formula is C14H30O2. The van der Waals surface area contributed by atoms with E-state index in [1.165, 1.54) is 51.4 Å². The molecule has 1 N–H and O–H groups in total. The first kappa shape index (κ1) is 15.9. The second kappa shape index (κ2) is 13.0. The Morgan fingerprint density at radius 3 is 2.12 bits per heavy atom. The third-order valence-electron chi connectivity index (χ3n) is 2.95. The van der Waals surface area contributed by atoms with Crippen LogP contribution in [0.4, 0.5) is 0 Å². The Morgan fingerprint density at radius 1 is 0.875 bits per heavy atom. The Kier molecular flexibility index (Phi) is 12.9. The van der Waals surface area contributed by atoms with E-state index in [9.17, 15) is 0 Å². The summed E-state index contributed by atoms with van der Waals surface area (Å²) in [6, 6.07) is 0. The molecule has 0 saturated heterocycles. The molecule has 0 rings (SSSR count). The predicted molar refractivity (Wildman–Crippen MR) is 69.7 cm³/mol. The van der Waals surface area contributed by atoms with E-state index in [1.54, 1.807) is 0 Å². The zero-order chi connectivity index (χ0) is 12.1. The first-order valence-electron chi connectivity index (χ1n) is 7.07. The van der Waals surface area contributed by atoms with Crippen molar-refractivity contribution >= 4 is 0 Å². The molecular weight excluding hydrogens is 200 g/mol. The van der Waals surface area contributed by atoms with Gasteiger partial charge in [0.2, 0.25) is 0 Å². The number of hydrogen-bond acceptors (Lipinski definition) is 2. The van der Waals surface area contributed by atoms with E-state index < -0.39 is 0 Å². The summed E-state index contributed by atoms with van der Waals surface area (Å²) < 4.78 is 5.65. The van der Waals surface area contributed by atoms with Gasteiger partial charge in [-0.1, -0.05) is 58.8 Å². The highest BCUT2D eigenvalue weighted by Gasteiger charge is 2.07. The maximum atomic E-state index is 8.76. The summed E-state index contributed by atoms with van der Waals surface area (Å²) in [6.07, 6.45) is 11.8. The lowest BCUT2D eigenvalue weighted by atomic mass is 10.0. The highest BCUT2D eigenvalue weighted by atomic mass is 16.5. The minimum absolute atomic E-state index is 0.151. The molecule has 0 spiro atoms. The van der Waals surface area contributed by atoms with Crippen molar-refractivity contribution in [1.29, 1.82) is 0 Å². The Balaban J connectivity index is 3.48. The van der Waals surface area contributed by atoms with Gasteiger partial charge in [-0.2, -0.15) is 0 Å². The summed E-state index contributed by atoms with van der Waals surface area (Å²) >= 11 is 0. The third-order valence-corrected chi connectivity index (χ3v) is 2.95. The van der Waals surface area contributed by atoms with Gasteiger partial charge in [-0.25, -0.2) is 0 Å². The van der Waals surface area contributed by atoms with Gasteiger partial charge in [-0.3, -0.25) is 0 Å². The van der Waals surface area contributed by atoms with Crippen LogP contribution in [0.15, 0.2) is 0 Å². The standard InChI is InChI=1S/C14H30O2/c1-3-5-7-8-9-11-14(10-6-4-2)16-13-12-15/h14-15H,3-13H2,1-2H3. The fourth-order valence-electron chi connectivity index (χ4n) is 1.94. The van der Waals surface area contributed by atoms with Crippen LogP contribution in [0.25, 0.3) is 0 Å². The van der Waals surface area contributed by atoms with Crippen molar-refractivity contribution < 1.29 is 9.84 Å². The molecule has 1 atom stereocenters. The molecule has 0 saturated carbocycles. The SMILES string of the molecule is CCCCCCCC(CCCC)OCCO. The van der Waals surface area contributed by atoms with E-state index in [1.807, 2.05) is 0 Å². The van der Waals surface area contributed by atoms with Gasteiger partial charge in [0, 0.05) is 0 Å². The van der Waals surface area contributed by atoms with E-state index >= 15 is 0 Å². The predicted octanol–water partition coefficient (Wildman–Crippen LogP) is 3.91. The van der Waals surface area contributed by atoms with Crippen LogP contribution in [0, 0.1) is 0 Å². The third kappa shape index (κ3) is 10.4. The molecule has 2 nitrogen and oxygen atoms in total. The zero-order valence-corrected chi connectivity index (χ0v) is 11.2. The summed E-state index contributed by atoms with van der Waals surface area (Å²) in [5.41, 5.74) is 0. The van der Waals surface area contributed by atoms with Crippen LogP contribution in [0.5, 0.6) is 0 Å². The molecule has 0 aliphatic heterocycles. The Labute approximate surface area is 101 Å². The van der Waals surface area contributed by atoms with Crippen molar-refractivity contribution in [3.8, 4) is 0 Å². The molecule has 0 aromatic carbocycles. The van der Waals surface area contributed by atoms with Crippen LogP contribution in [0.1, 0.15) is 71.6 Å². The van der Waals surface area contributed by atoms with Crippen molar-refractivity contribution in [2.45, 2.75) is 77.7 Å². The molecule has 0 radical (unpaired) electrons. The smallest absolute Gasteiger partial charge is 0.0701 e. The molecule has 0 aromatic rings. The molecule has 98 valence electrons. The highest BCUT2D eigenvalue weighted by molar-refractivity contribution is 4.59. The Bertz CT molecular complexity index is 118. The lowest BCUT2D eigenvalue weighted by molar-refractivity contribution is 0.0169. The van der Waals surface area contributed by atoms with Crippen molar-refractivity contribution in [3.63, 3.8) is 0 Å². The molecule has 0 aromatic heterocycles. The molecule has 0 heterocycles. The highest BCUT2D eigenvalue weighted by Crippen LogP contribution is 2.14. The molecule has 0 fully saturated rings. The molecule has 0 aliphatic carbocycles. The largest absolute Gasteiger partial charge is 0.394 e. The van der Waals surface area contributed by atoms with Crippen LogP contribution in [0.2, 0.25) is 0 Å². The number of hydrogen-bond donors (Lipinski definition) is 1. The average Bonchev–Trinajstić information content (AvgIpc) is 2.31. The van der Waals surface area contributed by atoms with Crippen LogP contribution in [-0.4, -0.2) is 24.4 Å². The Hall–Kier alpha value is -0.0800. The molecule has 16 heavy (non-hydrogen) atoms. The van der Waals surface area contributed by atoms with Crippen LogP contribution >= 0.6 is 0 Å². The monoisotopic (exact) mass is 230 g/mol. The van der Waals surface area contributed by atoms with Gasteiger partial charge >= 0.3 is 0 Å². The summed E-state index contributed by atoms with van der Waals surface area (Å²) in [4.78, 5) is 0. The second-order valence-corrected chi connectivity index (χ2v) is 4.56. The maximum Gasteiger partial charge on any atom is 0.0701 e. The first-order chi connectivity index (χ1) is 7.85. The summed E-state index contributed by atoms with van der Waals surface area (Å²) in [5.74, 6) is 0. The average molecular weight is 230 g/mol. The van der Waals surface area contributed by atoms with Crippen LogP contribution in [-0.2, 0) is 4.74 Å². The van der Waals surface area contributed by atoms with Gasteiger partial charge in [0.05, 0.1) is 19.3 Å². The van der Waals surface area contributed by atoms with Crippen molar-refractivity contribution in [1.82, 2.24) is 0 Å². The topological polar surface area (TPSA) is 29.5 Å². The quantitative estimate of drug-likeness (QED) is 0.515. The van der Waals surface area contributed by atoms with E-state index in [-0.39, 0.29) is 6.61 Å². The van der Waals surface area contributed by atoms with Gasteiger partial charge < -0.3 is 9.84 Å². The first-order valence-corrected chi connectivity index (χ1v) is 7.07. The van der Waals surface area contributed by atoms with Crippen molar-refractivity contribution in [2.75, 3.05) is 13.2 Å². The van der Waals surface area contributed by atoms with Crippen LogP contribution < -0.4 is 0 Å². The minimum atomic E-state index is 0.151. The molecule has 0 amide bonds. The van der Waals surface area contributed by atoms with Crippen LogP contribution in [0.3, 0.4) is 0 Å². The summed E-state index contributed by atoms with van der Waals surface area (Å²) in [7, 11) is 0. The maximum absolute atomic E-state index is 8.76. The van der Waals surface area contributed by atoms with Gasteiger partial charge in [-0.05, 0) is 12.8 Å². The van der Waals surface area contributed by atoms with Gasteiger partial charge in [-0.15, -0.1) is 0 Å². The fraction of sp³-hybridized carbons (Fsp3) is 1.00. The number of aliphatic hydroxyl groups is 1. The number of unbranched alkanes of at least 4 members (excludes halogenated alkanes) is 5. The lowest BCUT2D eigenvalue weighted by Crippen LogP contribution is -2.15. The number of aliphatic hydroxyl groups excluding tert-OH is 1. The fourth-order valence-corrected chi connectivity index (χ4v) is 1.94. The minimum Gasteiger partial charge on any atom is -0.394 e. The molecule has 0 bridgehead atoms. The Morgan fingerprint density at radius 2 is 1.50 bits per heavy atom. The normalized spacial score (nSPS) is 12.9. The number of ether oxygens (including phenoxy) is 1. The van der Waals surface area contributed by atoms with Crippen molar-refractivity contribution in [2.24, 2.45) is 0 Å². The van der Waals surface area contributed by atoms with E-state index in [0.29, 0.717) is 12.7 Å². The number of rotatable bonds is 12. The lowest BCUT2D eigenvalue weighted by Gasteiger charge is -2.17. The molecule has 1 unspecified atom stereocenters. The van der Waals surface area contributed by atoms with Gasteiger partial charge in [0.1, 0.15) is 0 Å². The van der Waals surface area contributed by atoms with E-state index in [4.69, 9.17) is 9.84 Å². The second-order valence-electron chi connectivity index (χ2n) is 4.56. The molecule has 0 aliphatic rings. The van der Waals surface area contributed by atoms with Gasteiger partial charge in [0.25, 0.3) is 0 Å². The van der Waals surface area contributed by atoms with E-state index in [2.05, 4.69) is 13.8 Å². The molecule has 2 heteroatoms. The summed E-state index contributed by atoms with van der Waals surface area (Å²) in [5, 5.41) is 8.76. The van der Waals surface area contributed by atoms with E-state index in [0.717, 1.165) is 6.42 Å². The summed E-state index contributed by atoms with van der Waals surface area (Å²) in [6.45, 7) is 5.11.